The van der Waals surface area contributed by atoms with Gasteiger partial charge in [0.2, 0.25) is 0 Å². The van der Waals surface area contributed by atoms with Crippen LogP contribution in [0.2, 0.25) is 0 Å². The van der Waals surface area contributed by atoms with Crippen LogP contribution >= 0.6 is 0 Å². The van der Waals surface area contributed by atoms with Crippen LogP contribution < -0.4 is 0 Å². The fourth-order valence-electron chi connectivity index (χ4n) is 9.36. The lowest BCUT2D eigenvalue weighted by Crippen LogP contribution is -2.65. The van der Waals surface area contributed by atoms with Gasteiger partial charge in [-0.3, -0.25) is 0 Å². The minimum Gasteiger partial charge on any atom is -0.454 e. The summed E-state index contributed by atoms with van der Waals surface area (Å²) in [5.74, 6) is -2.34. The number of carbonyl (C=O) groups excluding carboxylic acids is 2. The van der Waals surface area contributed by atoms with Crippen LogP contribution in [-0.4, -0.2) is 34.9 Å². The third kappa shape index (κ3) is 3.34. The van der Waals surface area contributed by atoms with Crippen LogP contribution in [-0.2, 0) is 19.0 Å². The number of hydrogen-bond acceptors (Lipinski definition) is 5. The van der Waals surface area contributed by atoms with Gasteiger partial charge in [-0.25, -0.2) is 9.59 Å². The highest BCUT2D eigenvalue weighted by Gasteiger charge is 2.65. The average molecular weight is 467 g/mol. The molecular weight excluding hydrogens is 430 g/mol. The molecule has 8 aliphatic carbocycles. The summed E-state index contributed by atoms with van der Waals surface area (Å²) in [7, 11) is 0. The molecule has 8 bridgehead atoms. The number of halogens is 2. The summed E-state index contributed by atoms with van der Waals surface area (Å²) in [6.07, 6.45) is 8.90. The van der Waals surface area contributed by atoms with Crippen molar-refractivity contribution in [2.75, 3.05) is 0 Å². The zero-order valence-corrected chi connectivity index (χ0v) is 19.9. The average Bonchev–Trinajstić information content (AvgIpc) is 2.68. The second-order valence-electron chi connectivity index (χ2n) is 12.9. The van der Waals surface area contributed by atoms with Crippen molar-refractivity contribution in [2.24, 2.45) is 41.4 Å². The Hall–Kier alpha value is -1.40. The lowest BCUT2D eigenvalue weighted by atomic mass is 9.48. The molecule has 33 heavy (non-hydrogen) atoms. The van der Waals surface area contributed by atoms with Crippen molar-refractivity contribution in [3.8, 4) is 0 Å². The van der Waals surface area contributed by atoms with Crippen LogP contribution in [0.5, 0.6) is 0 Å². The first-order valence-corrected chi connectivity index (χ1v) is 12.9. The molecule has 8 rings (SSSR count). The van der Waals surface area contributed by atoms with E-state index in [-0.39, 0.29) is 11.8 Å². The summed E-state index contributed by atoms with van der Waals surface area (Å²) >= 11 is 0. The van der Waals surface area contributed by atoms with E-state index in [9.17, 15) is 18.4 Å². The first kappa shape index (κ1) is 22.1. The molecular formula is C26H36F2O5. The van der Waals surface area contributed by atoms with Gasteiger partial charge in [0, 0.05) is 18.8 Å². The quantitative estimate of drug-likeness (QED) is 0.484. The lowest BCUT2D eigenvalue weighted by molar-refractivity contribution is -0.253. The minimum atomic E-state index is -3.51. The fraction of sp³-hybridized carbons (Fsp3) is 0.923. The largest absolute Gasteiger partial charge is 0.509 e. The standard InChI is InChI=1S/C26H36F2O5/c1-23(17-5-14-4-15(7-17)8-18(23)6-14)32-22(30)33-26-11-16-9-19(12-26)24(2,20(10-16)13-26)31-21(29)25(3,27)28/h14-20H,4-13H2,1-3H3. The van der Waals surface area contributed by atoms with Gasteiger partial charge in [0.15, 0.2) is 0 Å². The van der Waals surface area contributed by atoms with E-state index in [4.69, 9.17) is 14.2 Å². The summed E-state index contributed by atoms with van der Waals surface area (Å²) in [4.78, 5) is 25.2. The third-order valence-electron chi connectivity index (χ3n) is 10.8. The summed E-state index contributed by atoms with van der Waals surface area (Å²) < 4.78 is 44.9. The molecule has 7 heteroatoms. The molecule has 0 aromatic heterocycles. The van der Waals surface area contributed by atoms with Gasteiger partial charge in [0.1, 0.15) is 16.8 Å². The van der Waals surface area contributed by atoms with E-state index in [1.165, 1.54) is 6.42 Å². The predicted octanol–water partition coefficient (Wildman–Crippen LogP) is 5.89. The number of carbonyl (C=O) groups is 2. The monoisotopic (exact) mass is 466 g/mol. The molecule has 0 aliphatic heterocycles. The van der Waals surface area contributed by atoms with Crippen LogP contribution in [0.15, 0.2) is 0 Å². The maximum absolute atomic E-state index is 13.6. The van der Waals surface area contributed by atoms with Gasteiger partial charge in [-0.05, 0) is 108 Å². The highest BCUT2D eigenvalue weighted by molar-refractivity contribution is 5.77. The fourth-order valence-corrected chi connectivity index (χ4v) is 9.36. The summed E-state index contributed by atoms with van der Waals surface area (Å²) in [6, 6.07) is 0. The minimum absolute atomic E-state index is 0.0837. The van der Waals surface area contributed by atoms with Crippen molar-refractivity contribution in [3.05, 3.63) is 0 Å². The van der Waals surface area contributed by atoms with Crippen molar-refractivity contribution < 1.29 is 32.6 Å². The number of hydrogen-bond donors (Lipinski definition) is 0. The number of rotatable bonds is 4. The predicted molar refractivity (Wildman–Crippen MR) is 114 cm³/mol. The van der Waals surface area contributed by atoms with Gasteiger partial charge in [0.05, 0.1) is 0 Å². The Morgan fingerprint density at radius 3 is 1.70 bits per heavy atom. The molecule has 184 valence electrons. The molecule has 8 fully saturated rings. The summed E-state index contributed by atoms with van der Waals surface area (Å²) in [6.45, 7) is 4.49. The van der Waals surface area contributed by atoms with E-state index in [0.29, 0.717) is 37.5 Å². The van der Waals surface area contributed by atoms with Gasteiger partial charge in [-0.1, -0.05) is 0 Å². The van der Waals surface area contributed by atoms with E-state index in [2.05, 4.69) is 6.92 Å². The van der Waals surface area contributed by atoms with E-state index in [1.54, 1.807) is 6.92 Å². The molecule has 0 N–H and O–H groups in total. The van der Waals surface area contributed by atoms with Crippen molar-refractivity contribution in [1.82, 2.24) is 0 Å². The Morgan fingerprint density at radius 2 is 1.18 bits per heavy atom. The normalized spacial score (nSPS) is 51.5. The second-order valence-corrected chi connectivity index (χ2v) is 12.9. The number of ether oxygens (including phenoxy) is 3. The highest BCUT2D eigenvalue weighted by Crippen LogP contribution is 2.63. The van der Waals surface area contributed by atoms with Crippen molar-refractivity contribution in [3.63, 3.8) is 0 Å². The van der Waals surface area contributed by atoms with Crippen LogP contribution in [0.4, 0.5) is 13.6 Å². The molecule has 5 nitrogen and oxygen atoms in total. The molecule has 0 aromatic rings. The SMILES string of the molecule is CC(F)(F)C(=O)OC1(C)C2CC3CC1CC(OC(=O)OC1(C)C4CC5CC(C4)CC1C5)(C3)C2. The van der Waals surface area contributed by atoms with Crippen LogP contribution in [0.25, 0.3) is 0 Å². The molecule has 0 amide bonds. The second kappa shape index (κ2) is 6.84. The summed E-state index contributed by atoms with van der Waals surface area (Å²) in [5, 5.41) is 0. The summed E-state index contributed by atoms with van der Waals surface area (Å²) in [5.41, 5.74) is -2.00. The maximum Gasteiger partial charge on any atom is 0.509 e. The van der Waals surface area contributed by atoms with E-state index in [1.807, 2.05) is 0 Å². The van der Waals surface area contributed by atoms with E-state index >= 15 is 0 Å². The zero-order valence-electron chi connectivity index (χ0n) is 19.9. The van der Waals surface area contributed by atoms with Crippen LogP contribution in [0, 0.1) is 41.4 Å². The smallest absolute Gasteiger partial charge is 0.454 e. The molecule has 2 atom stereocenters. The van der Waals surface area contributed by atoms with Gasteiger partial charge in [-0.2, -0.15) is 8.78 Å². The molecule has 8 aliphatic rings. The molecule has 0 aromatic carbocycles. The Morgan fingerprint density at radius 1 is 0.697 bits per heavy atom. The van der Waals surface area contributed by atoms with Crippen molar-refractivity contribution in [1.29, 1.82) is 0 Å². The van der Waals surface area contributed by atoms with Crippen LogP contribution in [0.1, 0.15) is 85.0 Å². The van der Waals surface area contributed by atoms with Crippen molar-refractivity contribution in [2.45, 2.75) is 108 Å². The first-order chi connectivity index (χ1) is 15.4. The number of alkyl halides is 2. The zero-order chi connectivity index (χ0) is 23.4. The van der Waals surface area contributed by atoms with Crippen LogP contribution in [0.3, 0.4) is 0 Å². The highest BCUT2D eigenvalue weighted by atomic mass is 19.3. The molecule has 0 radical (unpaired) electrons. The number of esters is 1. The van der Waals surface area contributed by atoms with E-state index < -0.39 is 34.9 Å². The van der Waals surface area contributed by atoms with Gasteiger partial charge < -0.3 is 14.2 Å². The molecule has 0 spiro atoms. The van der Waals surface area contributed by atoms with Crippen molar-refractivity contribution >= 4 is 12.1 Å². The molecule has 8 saturated carbocycles. The van der Waals surface area contributed by atoms with E-state index in [0.717, 1.165) is 56.8 Å². The molecule has 2 unspecified atom stereocenters. The Labute approximate surface area is 194 Å². The van der Waals surface area contributed by atoms with Gasteiger partial charge in [0.25, 0.3) is 0 Å². The third-order valence-corrected chi connectivity index (χ3v) is 10.8. The maximum atomic E-state index is 13.6. The Kier molecular flexibility index (Phi) is 4.58. The molecule has 0 heterocycles. The topological polar surface area (TPSA) is 61.8 Å². The molecule has 0 saturated heterocycles. The Balaban J connectivity index is 1.16. The Bertz CT molecular complexity index is 819. The van der Waals surface area contributed by atoms with Gasteiger partial charge in [-0.15, -0.1) is 0 Å². The first-order valence-electron chi connectivity index (χ1n) is 12.9. The van der Waals surface area contributed by atoms with Gasteiger partial charge >= 0.3 is 18.0 Å². The lowest BCUT2D eigenvalue weighted by Gasteiger charge is -2.62.